The SMILES string of the molecule is Cc1cc(C2(C(C)N)CC2)n(C)n1. The maximum absolute atomic E-state index is 6.00. The fraction of sp³-hybridized carbons (Fsp3) is 0.700. The highest BCUT2D eigenvalue weighted by Crippen LogP contribution is 2.50. The molecule has 1 aliphatic rings. The molecule has 1 heterocycles. The van der Waals surface area contributed by atoms with Gasteiger partial charge in [-0.3, -0.25) is 4.68 Å². The highest BCUT2D eigenvalue weighted by atomic mass is 15.3. The van der Waals surface area contributed by atoms with Crippen LogP contribution in [0, 0.1) is 6.92 Å². The lowest BCUT2D eigenvalue weighted by molar-refractivity contribution is 0.510. The molecule has 2 rings (SSSR count). The van der Waals surface area contributed by atoms with Crippen molar-refractivity contribution in [2.45, 2.75) is 38.1 Å². The minimum atomic E-state index is 0.232. The van der Waals surface area contributed by atoms with Gasteiger partial charge in [0.05, 0.1) is 5.69 Å². The molecule has 13 heavy (non-hydrogen) atoms. The Hall–Kier alpha value is -0.830. The van der Waals surface area contributed by atoms with E-state index in [0.717, 1.165) is 5.69 Å². The molecule has 0 spiro atoms. The van der Waals surface area contributed by atoms with E-state index in [1.54, 1.807) is 0 Å². The third-order valence-electron chi connectivity index (χ3n) is 3.17. The van der Waals surface area contributed by atoms with E-state index in [1.165, 1.54) is 18.5 Å². The molecule has 3 heteroatoms. The van der Waals surface area contributed by atoms with Crippen LogP contribution in [0.4, 0.5) is 0 Å². The fourth-order valence-corrected chi connectivity index (χ4v) is 2.16. The lowest BCUT2D eigenvalue weighted by Gasteiger charge is -2.19. The van der Waals surface area contributed by atoms with E-state index in [2.05, 4.69) is 18.1 Å². The third kappa shape index (κ3) is 1.18. The zero-order chi connectivity index (χ0) is 9.64. The van der Waals surface area contributed by atoms with Crippen LogP contribution in [0.15, 0.2) is 6.07 Å². The number of aromatic nitrogens is 2. The molecule has 1 aromatic heterocycles. The van der Waals surface area contributed by atoms with Gasteiger partial charge in [-0.05, 0) is 32.8 Å². The van der Waals surface area contributed by atoms with E-state index in [4.69, 9.17) is 5.73 Å². The van der Waals surface area contributed by atoms with E-state index in [0.29, 0.717) is 0 Å². The molecule has 1 aromatic rings. The standard InChI is InChI=1S/C10H17N3/c1-7-6-9(13(3)12-7)10(4-5-10)8(2)11/h6,8H,4-5,11H2,1-3H3. The van der Waals surface area contributed by atoms with Crippen LogP contribution >= 0.6 is 0 Å². The van der Waals surface area contributed by atoms with Crippen LogP contribution in [-0.4, -0.2) is 15.8 Å². The summed E-state index contributed by atoms with van der Waals surface area (Å²) in [5, 5.41) is 4.36. The van der Waals surface area contributed by atoms with E-state index >= 15 is 0 Å². The Morgan fingerprint density at radius 1 is 1.62 bits per heavy atom. The molecule has 0 bridgehead atoms. The van der Waals surface area contributed by atoms with Gasteiger partial charge < -0.3 is 5.73 Å². The second-order valence-corrected chi connectivity index (χ2v) is 4.24. The summed E-state index contributed by atoms with van der Waals surface area (Å²) >= 11 is 0. The number of hydrogen-bond donors (Lipinski definition) is 1. The maximum atomic E-state index is 6.00. The van der Waals surface area contributed by atoms with Gasteiger partial charge in [-0.15, -0.1) is 0 Å². The van der Waals surface area contributed by atoms with E-state index in [-0.39, 0.29) is 11.5 Å². The molecule has 72 valence electrons. The van der Waals surface area contributed by atoms with Crippen molar-refractivity contribution >= 4 is 0 Å². The number of rotatable bonds is 2. The summed E-state index contributed by atoms with van der Waals surface area (Å²) in [5.74, 6) is 0. The van der Waals surface area contributed by atoms with Crippen LogP contribution in [0.25, 0.3) is 0 Å². The maximum Gasteiger partial charge on any atom is 0.0596 e. The van der Waals surface area contributed by atoms with Gasteiger partial charge in [0.15, 0.2) is 0 Å². The van der Waals surface area contributed by atoms with Crippen LogP contribution in [-0.2, 0) is 12.5 Å². The summed E-state index contributed by atoms with van der Waals surface area (Å²) in [5.41, 5.74) is 8.63. The normalized spacial score (nSPS) is 21.5. The Morgan fingerprint density at radius 2 is 2.23 bits per heavy atom. The first-order valence-corrected chi connectivity index (χ1v) is 4.83. The number of nitrogens with zero attached hydrogens (tertiary/aromatic N) is 2. The molecule has 1 unspecified atom stereocenters. The van der Waals surface area contributed by atoms with Gasteiger partial charge in [0.25, 0.3) is 0 Å². The van der Waals surface area contributed by atoms with Gasteiger partial charge >= 0.3 is 0 Å². The monoisotopic (exact) mass is 179 g/mol. The van der Waals surface area contributed by atoms with Crippen molar-refractivity contribution in [3.8, 4) is 0 Å². The van der Waals surface area contributed by atoms with Crippen molar-refractivity contribution in [2.75, 3.05) is 0 Å². The first-order valence-electron chi connectivity index (χ1n) is 4.83. The van der Waals surface area contributed by atoms with Gasteiger partial charge in [0.2, 0.25) is 0 Å². The molecule has 2 N–H and O–H groups in total. The quantitative estimate of drug-likeness (QED) is 0.739. The molecule has 1 aliphatic carbocycles. The first-order chi connectivity index (χ1) is 6.06. The summed E-state index contributed by atoms with van der Waals surface area (Å²) in [6.45, 7) is 4.12. The molecule has 1 saturated carbocycles. The fourth-order valence-electron chi connectivity index (χ4n) is 2.16. The highest BCUT2D eigenvalue weighted by Gasteiger charge is 2.49. The Labute approximate surface area is 78.9 Å². The summed E-state index contributed by atoms with van der Waals surface area (Å²) < 4.78 is 1.98. The van der Waals surface area contributed by atoms with Gasteiger partial charge in [-0.2, -0.15) is 5.10 Å². The molecule has 0 radical (unpaired) electrons. The Morgan fingerprint density at radius 3 is 2.54 bits per heavy atom. The Kier molecular flexibility index (Phi) is 1.74. The lowest BCUT2D eigenvalue weighted by atomic mass is 9.94. The van der Waals surface area contributed by atoms with Crippen molar-refractivity contribution in [1.82, 2.24) is 9.78 Å². The Bertz CT molecular complexity index is 321. The minimum absolute atomic E-state index is 0.232. The van der Waals surface area contributed by atoms with E-state index < -0.39 is 0 Å². The van der Waals surface area contributed by atoms with Crippen molar-refractivity contribution in [3.63, 3.8) is 0 Å². The first kappa shape index (κ1) is 8.75. The van der Waals surface area contributed by atoms with Crippen molar-refractivity contribution < 1.29 is 0 Å². The molecule has 0 amide bonds. The second kappa shape index (κ2) is 2.58. The van der Waals surface area contributed by atoms with Crippen LogP contribution < -0.4 is 5.73 Å². The average molecular weight is 179 g/mol. The van der Waals surface area contributed by atoms with E-state index in [1.807, 2.05) is 18.7 Å². The van der Waals surface area contributed by atoms with Gasteiger partial charge in [-0.1, -0.05) is 0 Å². The molecule has 0 saturated heterocycles. The van der Waals surface area contributed by atoms with Gasteiger partial charge in [0.1, 0.15) is 0 Å². The topological polar surface area (TPSA) is 43.8 Å². The smallest absolute Gasteiger partial charge is 0.0596 e. The van der Waals surface area contributed by atoms with Crippen LogP contribution in [0.2, 0.25) is 0 Å². The van der Waals surface area contributed by atoms with E-state index in [9.17, 15) is 0 Å². The third-order valence-corrected chi connectivity index (χ3v) is 3.17. The molecule has 3 nitrogen and oxygen atoms in total. The number of aryl methyl sites for hydroxylation is 2. The van der Waals surface area contributed by atoms with Gasteiger partial charge in [-0.25, -0.2) is 0 Å². The van der Waals surface area contributed by atoms with Crippen molar-refractivity contribution in [3.05, 3.63) is 17.5 Å². The molecule has 1 fully saturated rings. The molecular weight excluding hydrogens is 162 g/mol. The van der Waals surface area contributed by atoms with Crippen molar-refractivity contribution in [1.29, 1.82) is 0 Å². The van der Waals surface area contributed by atoms with Crippen LogP contribution in [0.5, 0.6) is 0 Å². The number of hydrogen-bond acceptors (Lipinski definition) is 2. The zero-order valence-electron chi connectivity index (χ0n) is 8.54. The Balaban J connectivity index is 2.40. The van der Waals surface area contributed by atoms with Crippen LogP contribution in [0.1, 0.15) is 31.2 Å². The van der Waals surface area contributed by atoms with Crippen LogP contribution in [0.3, 0.4) is 0 Å². The summed E-state index contributed by atoms with van der Waals surface area (Å²) in [4.78, 5) is 0. The average Bonchev–Trinajstić information content (AvgIpc) is 2.75. The number of nitrogens with two attached hydrogens (primary N) is 1. The zero-order valence-corrected chi connectivity index (χ0v) is 8.54. The predicted octanol–water partition coefficient (Wildman–Crippen LogP) is 1.11. The molecule has 0 aliphatic heterocycles. The molecular formula is C10H17N3. The lowest BCUT2D eigenvalue weighted by Crippen LogP contribution is -2.33. The molecule has 0 aromatic carbocycles. The predicted molar refractivity (Wildman–Crippen MR) is 52.5 cm³/mol. The minimum Gasteiger partial charge on any atom is -0.327 e. The van der Waals surface area contributed by atoms with Crippen molar-refractivity contribution in [2.24, 2.45) is 12.8 Å². The summed E-state index contributed by atoms with van der Waals surface area (Å²) in [7, 11) is 2.00. The second-order valence-electron chi connectivity index (χ2n) is 4.24. The summed E-state index contributed by atoms with van der Waals surface area (Å²) in [6.07, 6.45) is 2.42. The largest absolute Gasteiger partial charge is 0.327 e. The molecule has 1 atom stereocenters. The van der Waals surface area contributed by atoms with Gasteiger partial charge in [0, 0.05) is 24.2 Å². The summed E-state index contributed by atoms with van der Waals surface area (Å²) in [6, 6.07) is 2.40. The highest BCUT2D eigenvalue weighted by molar-refractivity contribution is 5.29.